The Labute approximate surface area is 87.8 Å². The highest BCUT2D eigenvalue weighted by atomic mass is 15.0. The van der Waals surface area contributed by atoms with Crippen LogP contribution >= 0.6 is 0 Å². The van der Waals surface area contributed by atoms with Crippen molar-refractivity contribution in [1.29, 1.82) is 0 Å². The fraction of sp³-hybridized carbons (Fsp3) is 0. The van der Waals surface area contributed by atoms with E-state index in [1.54, 1.807) is 6.20 Å². The fourth-order valence-corrected chi connectivity index (χ4v) is 1.74. The van der Waals surface area contributed by atoms with Crippen molar-refractivity contribution in [3.8, 4) is 5.69 Å². The maximum Gasteiger partial charge on any atom is 0.0639 e. The van der Waals surface area contributed by atoms with Crippen molar-refractivity contribution < 1.29 is 0 Å². The summed E-state index contributed by atoms with van der Waals surface area (Å²) < 4.78 is 2.12. The third-order valence-corrected chi connectivity index (χ3v) is 2.46. The average molecular weight is 193 g/mol. The summed E-state index contributed by atoms with van der Waals surface area (Å²) >= 11 is 0. The Morgan fingerprint density at radius 3 is 3.07 bits per heavy atom. The topological polar surface area (TPSA) is 17.8 Å². The van der Waals surface area contributed by atoms with Gasteiger partial charge in [-0.05, 0) is 36.4 Å². The molecule has 15 heavy (non-hydrogen) atoms. The van der Waals surface area contributed by atoms with Gasteiger partial charge in [-0.1, -0.05) is 6.07 Å². The van der Waals surface area contributed by atoms with Crippen LogP contribution < -0.4 is 0 Å². The van der Waals surface area contributed by atoms with Crippen LogP contribution in [0.3, 0.4) is 0 Å². The third kappa shape index (κ3) is 1.31. The van der Waals surface area contributed by atoms with Gasteiger partial charge in [-0.2, -0.15) is 0 Å². The second kappa shape index (κ2) is 3.24. The highest BCUT2D eigenvalue weighted by Gasteiger charge is 2.00. The van der Waals surface area contributed by atoms with Crippen LogP contribution in [0.4, 0.5) is 0 Å². The lowest BCUT2D eigenvalue weighted by molar-refractivity contribution is 1.10. The molecule has 0 saturated carbocycles. The maximum absolute atomic E-state index is 4.12. The predicted octanol–water partition coefficient (Wildman–Crippen LogP) is 2.83. The lowest BCUT2D eigenvalue weighted by Gasteiger charge is -2.03. The van der Waals surface area contributed by atoms with Crippen LogP contribution in [0.5, 0.6) is 0 Å². The number of aromatic nitrogens is 2. The van der Waals surface area contributed by atoms with Gasteiger partial charge in [0.05, 0.1) is 17.4 Å². The molecule has 3 aromatic rings. The Bertz CT molecular complexity index is 582. The van der Waals surface area contributed by atoms with Crippen LogP contribution in [0.25, 0.3) is 16.6 Å². The monoisotopic (exact) mass is 193 g/mol. The molecule has 3 rings (SSSR count). The van der Waals surface area contributed by atoms with Gasteiger partial charge >= 0.3 is 0 Å². The van der Waals surface area contributed by atoms with E-state index in [9.17, 15) is 0 Å². The molecule has 1 aromatic carbocycles. The lowest BCUT2D eigenvalue weighted by Crippen LogP contribution is -1.91. The molecule has 0 aliphatic heterocycles. The summed E-state index contributed by atoms with van der Waals surface area (Å²) in [6.45, 7) is 0. The van der Waals surface area contributed by atoms with Gasteiger partial charge in [0.1, 0.15) is 0 Å². The molecular formula is C13H9N2. The van der Waals surface area contributed by atoms with Crippen LogP contribution in [0.15, 0.2) is 55.0 Å². The molecule has 71 valence electrons. The Morgan fingerprint density at radius 1 is 1.20 bits per heavy atom. The summed E-state index contributed by atoms with van der Waals surface area (Å²) in [5, 5.41) is 1.20. The molecule has 2 heteroatoms. The van der Waals surface area contributed by atoms with Crippen molar-refractivity contribution in [2.45, 2.75) is 0 Å². The van der Waals surface area contributed by atoms with E-state index in [1.807, 2.05) is 30.5 Å². The summed E-state index contributed by atoms with van der Waals surface area (Å²) in [5.41, 5.74) is 2.26. The third-order valence-electron chi connectivity index (χ3n) is 2.46. The van der Waals surface area contributed by atoms with Gasteiger partial charge in [0, 0.05) is 17.8 Å². The first kappa shape index (κ1) is 8.24. The Kier molecular flexibility index (Phi) is 1.78. The van der Waals surface area contributed by atoms with Gasteiger partial charge in [-0.3, -0.25) is 4.98 Å². The van der Waals surface area contributed by atoms with E-state index in [2.05, 4.69) is 33.9 Å². The summed E-state index contributed by atoms with van der Waals surface area (Å²) in [4.78, 5) is 4.12. The van der Waals surface area contributed by atoms with Gasteiger partial charge in [0.2, 0.25) is 0 Å². The molecule has 2 heterocycles. The van der Waals surface area contributed by atoms with E-state index in [-0.39, 0.29) is 0 Å². The molecule has 2 nitrogen and oxygen atoms in total. The van der Waals surface area contributed by atoms with Gasteiger partial charge in [0.15, 0.2) is 0 Å². The van der Waals surface area contributed by atoms with Gasteiger partial charge in [0.25, 0.3) is 0 Å². The zero-order valence-corrected chi connectivity index (χ0v) is 8.09. The fourth-order valence-electron chi connectivity index (χ4n) is 1.74. The summed E-state index contributed by atoms with van der Waals surface area (Å²) in [6.07, 6.45) is 5.69. The number of nitrogens with zero attached hydrogens (tertiary/aromatic N) is 2. The van der Waals surface area contributed by atoms with Gasteiger partial charge in [-0.15, -0.1) is 0 Å². The smallest absolute Gasteiger partial charge is 0.0639 e. The Balaban J connectivity index is 2.28. The van der Waals surface area contributed by atoms with Crippen molar-refractivity contribution in [1.82, 2.24) is 9.55 Å². The quantitative estimate of drug-likeness (QED) is 0.581. The molecular weight excluding hydrogens is 184 g/mol. The Morgan fingerprint density at radius 2 is 2.20 bits per heavy atom. The minimum Gasteiger partial charge on any atom is -0.315 e. The minimum absolute atomic E-state index is 1.08. The van der Waals surface area contributed by atoms with Crippen LogP contribution in [-0.2, 0) is 0 Å². The van der Waals surface area contributed by atoms with Gasteiger partial charge in [-0.25, -0.2) is 0 Å². The zero-order chi connectivity index (χ0) is 10.1. The normalized spacial score (nSPS) is 10.7. The first-order valence-corrected chi connectivity index (χ1v) is 4.83. The molecule has 0 atom stereocenters. The van der Waals surface area contributed by atoms with Crippen LogP contribution in [0.1, 0.15) is 0 Å². The standard InChI is InChI=1S/C13H9N2/c1-2-6-13-11(4-1)7-9-15(13)12-5-3-8-14-10-12/h2-10H. The highest BCUT2D eigenvalue weighted by molar-refractivity contribution is 5.81. The number of hydrogen-bond acceptors (Lipinski definition) is 1. The van der Waals surface area contributed by atoms with E-state index in [1.165, 1.54) is 10.9 Å². The average Bonchev–Trinajstić information content (AvgIpc) is 2.74. The highest BCUT2D eigenvalue weighted by Crippen LogP contribution is 2.18. The van der Waals surface area contributed by atoms with Crippen molar-refractivity contribution in [2.24, 2.45) is 0 Å². The number of rotatable bonds is 1. The summed E-state index contributed by atoms with van der Waals surface area (Å²) in [7, 11) is 0. The first-order valence-electron chi connectivity index (χ1n) is 4.83. The zero-order valence-electron chi connectivity index (χ0n) is 8.09. The SMILES string of the molecule is [c]1ccc2c(c1)ccn2-c1cccnc1. The molecule has 0 aliphatic carbocycles. The van der Waals surface area contributed by atoms with E-state index >= 15 is 0 Å². The summed E-state index contributed by atoms with van der Waals surface area (Å²) in [6, 6.07) is 15.1. The van der Waals surface area contributed by atoms with Gasteiger partial charge < -0.3 is 4.57 Å². The van der Waals surface area contributed by atoms with Crippen molar-refractivity contribution in [3.05, 3.63) is 61.1 Å². The molecule has 0 N–H and O–H groups in total. The maximum atomic E-state index is 4.12. The molecule has 0 aliphatic rings. The molecule has 0 unspecified atom stereocenters. The second-order valence-electron chi connectivity index (χ2n) is 3.38. The second-order valence-corrected chi connectivity index (χ2v) is 3.38. The molecule has 2 aromatic heterocycles. The van der Waals surface area contributed by atoms with E-state index in [0.29, 0.717) is 0 Å². The lowest BCUT2D eigenvalue weighted by atomic mass is 10.2. The minimum atomic E-state index is 1.08. The van der Waals surface area contributed by atoms with Crippen molar-refractivity contribution in [2.75, 3.05) is 0 Å². The van der Waals surface area contributed by atoms with Crippen molar-refractivity contribution in [3.63, 3.8) is 0 Å². The van der Waals surface area contributed by atoms with E-state index < -0.39 is 0 Å². The molecule has 1 radical (unpaired) electrons. The number of pyridine rings is 1. The molecule has 0 amide bonds. The number of hydrogen-bond donors (Lipinski definition) is 0. The Hall–Kier alpha value is -2.09. The van der Waals surface area contributed by atoms with Crippen LogP contribution in [0, 0.1) is 6.07 Å². The number of fused-ring (bicyclic) bond motifs is 1. The largest absolute Gasteiger partial charge is 0.315 e. The number of benzene rings is 1. The molecule has 0 saturated heterocycles. The van der Waals surface area contributed by atoms with E-state index in [0.717, 1.165) is 5.69 Å². The van der Waals surface area contributed by atoms with Crippen LogP contribution in [-0.4, -0.2) is 9.55 Å². The van der Waals surface area contributed by atoms with Crippen molar-refractivity contribution >= 4 is 10.9 Å². The molecule has 0 fully saturated rings. The molecule has 0 spiro atoms. The summed E-state index contributed by atoms with van der Waals surface area (Å²) in [5.74, 6) is 0. The predicted molar refractivity (Wildman–Crippen MR) is 59.9 cm³/mol. The van der Waals surface area contributed by atoms with E-state index in [4.69, 9.17) is 0 Å². The molecule has 0 bridgehead atoms. The van der Waals surface area contributed by atoms with Crippen LogP contribution in [0.2, 0.25) is 0 Å². The first-order chi connectivity index (χ1) is 7.45.